The van der Waals surface area contributed by atoms with Crippen molar-refractivity contribution in [1.82, 2.24) is 0 Å². The molecule has 0 unspecified atom stereocenters. The maximum atomic E-state index is 5.86. The zero-order valence-electron chi connectivity index (χ0n) is 10.1. The molecular formula is C11H22N2S. The number of hydrogen-bond donors (Lipinski definition) is 1. The molecule has 0 atom stereocenters. The van der Waals surface area contributed by atoms with Crippen LogP contribution in [0.1, 0.15) is 41.5 Å². The molecule has 0 bridgehead atoms. The maximum Gasteiger partial charge on any atom is 0.113 e. The van der Waals surface area contributed by atoms with E-state index in [1.165, 1.54) is 16.9 Å². The molecule has 3 heteroatoms. The average Bonchev–Trinajstić information content (AvgIpc) is 2.02. The molecule has 0 rings (SSSR count). The van der Waals surface area contributed by atoms with E-state index in [2.05, 4.69) is 45.1 Å². The van der Waals surface area contributed by atoms with E-state index in [9.17, 15) is 0 Å². The Morgan fingerprint density at radius 3 is 2.14 bits per heavy atom. The van der Waals surface area contributed by atoms with E-state index in [1.807, 2.05) is 6.92 Å². The number of allylic oxidation sites excluding steroid dienone is 2. The van der Waals surface area contributed by atoms with Gasteiger partial charge < -0.3 is 5.73 Å². The van der Waals surface area contributed by atoms with Crippen LogP contribution in [0.15, 0.2) is 15.4 Å². The van der Waals surface area contributed by atoms with Gasteiger partial charge in [0.25, 0.3) is 0 Å². The maximum absolute atomic E-state index is 5.86. The van der Waals surface area contributed by atoms with Crippen LogP contribution in [0.2, 0.25) is 0 Å². The van der Waals surface area contributed by atoms with E-state index >= 15 is 0 Å². The highest BCUT2D eigenvalue weighted by molar-refractivity contribution is 8.02. The van der Waals surface area contributed by atoms with Crippen LogP contribution in [0.3, 0.4) is 0 Å². The van der Waals surface area contributed by atoms with Crippen molar-refractivity contribution in [3.05, 3.63) is 11.0 Å². The predicted octanol–water partition coefficient (Wildman–Crippen LogP) is 3.60. The molecule has 2 nitrogen and oxygen atoms in total. The Balaban J connectivity index is 4.43. The summed E-state index contributed by atoms with van der Waals surface area (Å²) >= 11 is 1.49. The Morgan fingerprint density at radius 2 is 1.86 bits per heavy atom. The molecule has 0 aliphatic heterocycles. The van der Waals surface area contributed by atoms with Gasteiger partial charge in [0.15, 0.2) is 0 Å². The third-order valence-corrected chi connectivity index (χ3v) is 3.08. The Kier molecular flexibility index (Phi) is 5.27. The minimum Gasteiger partial charge on any atom is -0.386 e. The van der Waals surface area contributed by atoms with E-state index < -0.39 is 0 Å². The third-order valence-electron chi connectivity index (χ3n) is 1.87. The lowest BCUT2D eigenvalue weighted by Gasteiger charge is -2.17. The number of nitrogens with two attached hydrogens (primary N) is 1. The summed E-state index contributed by atoms with van der Waals surface area (Å²) in [5, 5.41) is 0. The zero-order chi connectivity index (χ0) is 11.4. The number of amidine groups is 1. The molecule has 0 fully saturated rings. The van der Waals surface area contributed by atoms with E-state index in [1.54, 1.807) is 0 Å². The molecule has 2 N–H and O–H groups in total. The van der Waals surface area contributed by atoms with Gasteiger partial charge in [-0.2, -0.15) is 4.40 Å². The summed E-state index contributed by atoms with van der Waals surface area (Å²) in [5.74, 6) is 1.21. The number of rotatable bonds is 3. The smallest absolute Gasteiger partial charge is 0.113 e. The van der Waals surface area contributed by atoms with Gasteiger partial charge in [-0.05, 0) is 12.8 Å². The van der Waals surface area contributed by atoms with E-state index in [-0.39, 0.29) is 5.41 Å². The van der Waals surface area contributed by atoms with Crippen molar-refractivity contribution in [3.63, 3.8) is 0 Å². The highest BCUT2D eigenvalue weighted by Gasteiger charge is 2.15. The van der Waals surface area contributed by atoms with Crippen molar-refractivity contribution in [3.8, 4) is 0 Å². The van der Waals surface area contributed by atoms with E-state index in [4.69, 9.17) is 5.73 Å². The first-order chi connectivity index (χ1) is 6.29. The predicted molar refractivity (Wildman–Crippen MR) is 67.3 cm³/mol. The molecule has 0 heterocycles. The van der Waals surface area contributed by atoms with Crippen molar-refractivity contribution in [1.29, 1.82) is 0 Å². The van der Waals surface area contributed by atoms with Crippen molar-refractivity contribution < 1.29 is 0 Å². The lowest BCUT2D eigenvalue weighted by atomic mass is 9.96. The first kappa shape index (κ1) is 13.6. The van der Waals surface area contributed by atoms with Crippen LogP contribution in [-0.2, 0) is 0 Å². The van der Waals surface area contributed by atoms with Gasteiger partial charge >= 0.3 is 0 Å². The van der Waals surface area contributed by atoms with E-state index in [0.29, 0.717) is 11.8 Å². The lowest BCUT2D eigenvalue weighted by Crippen LogP contribution is -2.28. The summed E-state index contributed by atoms with van der Waals surface area (Å²) in [6.45, 7) is 12.5. The molecule has 0 aliphatic carbocycles. The fourth-order valence-corrected chi connectivity index (χ4v) is 1.52. The number of hydrogen-bond acceptors (Lipinski definition) is 2. The molecule has 0 aromatic heterocycles. The summed E-state index contributed by atoms with van der Waals surface area (Å²) in [6, 6.07) is 0. The van der Waals surface area contributed by atoms with Gasteiger partial charge in [0.05, 0.1) is 0 Å². The lowest BCUT2D eigenvalue weighted by molar-refractivity contribution is 0.586. The Hall–Kier alpha value is -0.440. The highest BCUT2D eigenvalue weighted by atomic mass is 32.2. The van der Waals surface area contributed by atoms with Crippen LogP contribution < -0.4 is 5.73 Å². The molecule has 0 aromatic rings. The molecular weight excluding hydrogens is 192 g/mol. The molecule has 0 radical (unpaired) electrons. The van der Waals surface area contributed by atoms with Crippen LogP contribution in [0, 0.1) is 11.3 Å². The zero-order valence-corrected chi connectivity index (χ0v) is 10.9. The third kappa shape index (κ3) is 4.70. The standard InChI is InChI=1S/C11H22N2S/c1-7-9(8(2)3)14-13-10(12)11(4,5)6/h7-8H,1-6H3,(H2,12,13)/b9-7-. The number of nitrogens with zero attached hydrogens (tertiary/aromatic N) is 1. The molecule has 0 aliphatic rings. The van der Waals surface area contributed by atoms with Gasteiger partial charge in [-0.1, -0.05) is 40.7 Å². The van der Waals surface area contributed by atoms with Crippen molar-refractivity contribution in [2.24, 2.45) is 21.5 Å². The molecule has 82 valence electrons. The SMILES string of the molecule is C/C=C(\S/N=C(\N)C(C)(C)C)C(C)C. The molecule has 0 aromatic carbocycles. The Bertz CT molecular complexity index is 234. The van der Waals surface area contributed by atoms with Crippen LogP contribution in [-0.4, -0.2) is 5.84 Å². The van der Waals surface area contributed by atoms with Crippen LogP contribution >= 0.6 is 11.9 Å². The van der Waals surface area contributed by atoms with Gasteiger partial charge in [0.2, 0.25) is 0 Å². The van der Waals surface area contributed by atoms with Crippen LogP contribution in [0.25, 0.3) is 0 Å². The second-order valence-corrected chi connectivity index (χ2v) is 5.50. The molecule has 0 spiro atoms. The molecule has 0 saturated carbocycles. The molecule has 0 saturated heterocycles. The van der Waals surface area contributed by atoms with Crippen molar-refractivity contribution in [2.75, 3.05) is 0 Å². The monoisotopic (exact) mass is 214 g/mol. The summed E-state index contributed by atoms with van der Waals surface area (Å²) in [4.78, 5) is 1.26. The second kappa shape index (κ2) is 5.44. The van der Waals surface area contributed by atoms with Crippen molar-refractivity contribution >= 4 is 17.8 Å². The second-order valence-electron chi connectivity index (χ2n) is 4.66. The van der Waals surface area contributed by atoms with E-state index in [0.717, 1.165) is 0 Å². The summed E-state index contributed by atoms with van der Waals surface area (Å²) < 4.78 is 4.33. The van der Waals surface area contributed by atoms with Gasteiger partial charge in [-0.3, -0.25) is 0 Å². The molecule has 0 amide bonds. The summed E-state index contributed by atoms with van der Waals surface area (Å²) in [5.41, 5.74) is 5.82. The Labute approximate surface area is 92.2 Å². The largest absolute Gasteiger partial charge is 0.386 e. The Morgan fingerprint density at radius 1 is 1.36 bits per heavy atom. The normalized spacial score (nSPS) is 15.1. The summed E-state index contributed by atoms with van der Waals surface area (Å²) in [7, 11) is 0. The highest BCUT2D eigenvalue weighted by Crippen LogP contribution is 2.26. The minimum atomic E-state index is -0.0389. The minimum absolute atomic E-state index is 0.0389. The van der Waals surface area contributed by atoms with Gasteiger partial charge in [0.1, 0.15) is 5.84 Å². The molecule has 14 heavy (non-hydrogen) atoms. The first-order valence-electron chi connectivity index (χ1n) is 4.96. The van der Waals surface area contributed by atoms with Crippen LogP contribution in [0.5, 0.6) is 0 Å². The quantitative estimate of drug-likeness (QED) is 0.443. The van der Waals surface area contributed by atoms with Gasteiger partial charge in [-0.15, -0.1) is 0 Å². The fraction of sp³-hybridized carbons (Fsp3) is 0.727. The first-order valence-corrected chi connectivity index (χ1v) is 5.73. The fourth-order valence-electron chi connectivity index (χ4n) is 0.730. The average molecular weight is 214 g/mol. The van der Waals surface area contributed by atoms with Crippen LogP contribution in [0.4, 0.5) is 0 Å². The summed E-state index contributed by atoms with van der Waals surface area (Å²) in [6.07, 6.45) is 2.09. The van der Waals surface area contributed by atoms with Gasteiger partial charge in [0, 0.05) is 22.3 Å². The van der Waals surface area contributed by atoms with Crippen molar-refractivity contribution in [2.45, 2.75) is 41.5 Å². The van der Waals surface area contributed by atoms with Gasteiger partial charge in [-0.25, -0.2) is 0 Å². The topological polar surface area (TPSA) is 38.4 Å².